The normalized spacial score (nSPS) is 20.1. The van der Waals surface area contributed by atoms with Gasteiger partial charge in [-0.05, 0) is 31.1 Å². The maximum atomic E-state index is 13.6. The molecule has 0 aliphatic carbocycles. The van der Waals surface area contributed by atoms with Crippen molar-refractivity contribution in [3.8, 4) is 5.75 Å². The second kappa shape index (κ2) is 11.0. The molecule has 2 aromatic rings. The summed E-state index contributed by atoms with van der Waals surface area (Å²) in [6.45, 7) is 4.90. The Balaban J connectivity index is 1.74. The first-order chi connectivity index (χ1) is 16.1. The Hall–Kier alpha value is -2.98. The molecule has 3 rings (SSSR count). The van der Waals surface area contributed by atoms with E-state index in [1.807, 2.05) is 0 Å². The van der Waals surface area contributed by atoms with Crippen LogP contribution in [-0.2, 0) is 23.4 Å². The van der Waals surface area contributed by atoms with Crippen LogP contribution in [0.2, 0.25) is 0 Å². The van der Waals surface area contributed by atoms with Gasteiger partial charge in [-0.3, -0.25) is 23.7 Å². The van der Waals surface area contributed by atoms with E-state index in [9.17, 15) is 18.9 Å². The largest absolute Gasteiger partial charge is 0.468 e. The molecule has 0 bridgehead atoms. The van der Waals surface area contributed by atoms with Crippen LogP contribution in [0.4, 0.5) is 0 Å². The van der Waals surface area contributed by atoms with Crippen LogP contribution in [0.3, 0.4) is 0 Å². The fourth-order valence-electron chi connectivity index (χ4n) is 3.17. The van der Waals surface area contributed by atoms with Crippen LogP contribution in [0.25, 0.3) is 0 Å². The van der Waals surface area contributed by atoms with E-state index in [1.54, 1.807) is 63.3 Å². The van der Waals surface area contributed by atoms with Gasteiger partial charge in [-0.25, -0.2) is 9.36 Å². The number of aromatic amines is 1. The molecule has 184 valence electrons. The molecule has 0 saturated heterocycles. The van der Waals surface area contributed by atoms with Crippen LogP contribution < -0.4 is 20.9 Å². The van der Waals surface area contributed by atoms with Gasteiger partial charge < -0.3 is 14.0 Å². The summed E-state index contributed by atoms with van der Waals surface area (Å²) in [4.78, 5) is 38.2. The summed E-state index contributed by atoms with van der Waals surface area (Å²) in [7, 11) is -2.83. The lowest BCUT2D eigenvalue weighted by molar-refractivity contribution is -0.143. The Morgan fingerprint density at radius 1 is 1.24 bits per heavy atom. The highest BCUT2D eigenvalue weighted by Gasteiger charge is 2.37. The smallest absolute Gasteiger partial charge is 0.459 e. The van der Waals surface area contributed by atoms with Gasteiger partial charge in [-0.1, -0.05) is 38.1 Å². The van der Waals surface area contributed by atoms with Gasteiger partial charge in [-0.15, -0.1) is 0 Å². The molecular formula is C22H28N3O8P. The summed E-state index contributed by atoms with van der Waals surface area (Å²) in [6.07, 6.45) is 3.21. The molecule has 1 aliphatic rings. The van der Waals surface area contributed by atoms with Crippen molar-refractivity contribution < 1.29 is 27.9 Å². The van der Waals surface area contributed by atoms with Crippen LogP contribution in [0.5, 0.6) is 5.75 Å². The molecule has 2 heterocycles. The number of hydrogen-bond acceptors (Lipinski definition) is 8. The second-order valence-electron chi connectivity index (χ2n) is 8.00. The molecule has 34 heavy (non-hydrogen) atoms. The topological polar surface area (TPSA) is 138 Å². The molecule has 1 aliphatic heterocycles. The number of esters is 1. The summed E-state index contributed by atoms with van der Waals surface area (Å²) < 4.78 is 36.7. The highest BCUT2D eigenvalue weighted by molar-refractivity contribution is 7.52. The minimum Gasteiger partial charge on any atom is -0.468 e. The van der Waals surface area contributed by atoms with Gasteiger partial charge in [0.2, 0.25) is 0 Å². The van der Waals surface area contributed by atoms with Gasteiger partial charge in [0, 0.05) is 11.8 Å². The predicted molar refractivity (Wildman–Crippen MR) is 124 cm³/mol. The molecule has 0 saturated carbocycles. The molecule has 0 radical (unpaired) electrons. The highest BCUT2D eigenvalue weighted by atomic mass is 31.2. The summed E-state index contributed by atoms with van der Waals surface area (Å²) in [6, 6.07) is 7.44. The number of nitrogens with one attached hydrogen (secondary N) is 2. The maximum absolute atomic E-state index is 13.6. The minimum atomic E-state index is -4.07. The molecule has 4 atom stereocenters. The number of nitrogens with zero attached hydrogens (tertiary/aromatic N) is 1. The first-order valence-corrected chi connectivity index (χ1v) is 12.2. The Bertz CT molecular complexity index is 1190. The lowest BCUT2D eigenvalue weighted by Gasteiger charge is -2.27. The average Bonchev–Trinajstić information content (AvgIpc) is 3.27. The van der Waals surface area contributed by atoms with E-state index < -0.39 is 43.3 Å². The SMILES string of the molecule is COC(=O)[C@@H](NP(=O)(OC[C@@H]1C=C[C@H](n2cc(C)c(=O)[nH]c2=O)O1)Oc1ccccc1)C(C)C. The number of rotatable bonds is 10. The second-order valence-corrected chi connectivity index (χ2v) is 9.69. The number of para-hydroxylation sites is 1. The number of carbonyl (C=O) groups excluding carboxylic acids is 1. The van der Waals surface area contributed by atoms with Gasteiger partial charge in [0.1, 0.15) is 17.9 Å². The van der Waals surface area contributed by atoms with E-state index >= 15 is 0 Å². The van der Waals surface area contributed by atoms with Crippen molar-refractivity contribution in [3.05, 3.63) is 75.1 Å². The molecule has 0 fully saturated rings. The third-order valence-electron chi connectivity index (χ3n) is 5.02. The molecule has 1 aromatic carbocycles. The third-order valence-corrected chi connectivity index (χ3v) is 6.56. The minimum absolute atomic E-state index is 0.201. The van der Waals surface area contributed by atoms with Crippen LogP contribution >= 0.6 is 7.75 Å². The molecule has 1 aromatic heterocycles. The number of aromatic nitrogens is 2. The zero-order valence-corrected chi connectivity index (χ0v) is 20.2. The van der Waals surface area contributed by atoms with Crippen molar-refractivity contribution in [2.24, 2.45) is 5.92 Å². The van der Waals surface area contributed by atoms with Crippen molar-refractivity contribution in [1.29, 1.82) is 0 Å². The average molecular weight is 493 g/mol. The van der Waals surface area contributed by atoms with Crippen molar-refractivity contribution in [2.45, 2.75) is 39.1 Å². The summed E-state index contributed by atoms with van der Waals surface area (Å²) in [5, 5.41) is 2.68. The maximum Gasteiger partial charge on any atom is 0.459 e. The Morgan fingerprint density at radius 3 is 2.59 bits per heavy atom. The summed E-state index contributed by atoms with van der Waals surface area (Å²) >= 11 is 0. The fraction of sp³-hybridized carbons (Fsp3) is 0.409. The summed E-state index contributed by atoms with van der Waals surface area (Å²) in [5.41, 5.74) is -0.744. The lowest BCUT2D eigenvalue weighted by Crippen LogP contribution is -2.41. The molecule has 0 spiro atoms. The molecule has 12 heteroatoms. The standard InChI is InChI=1S/C22H28N3O8P/c1-14(2)19(21(27)30-4)24-34(29,33-16-8-6-5-7-9-16)31-13-17-10-11-18(32-17)25-12-15(3)20(26)23-22(25)28/h5-12,14,17-19H,13H2,1-4H3,(H,24,29)(H,23,26,28)/t17-,18+,19-,34?/m0/s1. The van der Waals surface area contributed by atoms with E-state index in [-0.39, 0.29) is 18.3 Å². The van der Waals surface area contributed by atoms with E-state index in [4.69, 9.17) is 18.5 Å². The van der Waals surface area contributed by atoms with Crippen molar-refractivity contribution in [3.63, 3.8) is 0 Å². The van der Waals surface area contributed by atoms with Gasteiger partial charge >= 0.3 is 19.4 Å². The Kier molecular flexibility index (Phi) is 8.27. The van der Waals surface area contributed by atoms with Gasteiger partial charge in [0.05, 0.1) is 13.7 Å². The van der Waals surface area contributed by atoms with Crippen LogP contribution in [0, 0.1) is 12.8 Å². The Labute approximate surface area is 196 Å². The van der Waals surface area contributed by atoms with E-state index in [2.05, 4.69) is 10.1 Å². The van der Waals surface area contributed by atoms with Crippen molar-refractivity contribution >= 4 is 13.7 Å². The van der Waals surface area contributed by atoms with E-state index in [1.165, 1.54) is 17.9 Å². The van der Waals surface area contributed by atoms with Gasteiger partial charge in [0.15, 0.2) is 6.23 Å². The monoisotopic (exact) mass is 493 g/mol. The number of ether oxygens (including phenoxy) is 2. The molecular weight excluding hydrogens is 465 g/mol. The first kappa shape index (κ1) is 25.6. The van der Waals surface area contributed by atoms with E-state index in [0.29, 0.717) is 5.56 Å². The molecule has 2 N–H and O–H groups in total. The number of carbonyl (C=O) groups is 1. The van der Waals surface area contributed by atoms with Gasteiger partial charge in [-0.2, -0.15) is 5.09 Å². The van der Waals surface area contributed by atoms with Crippen LogP contribution in [0.1, 0.15) is 25.6 Å². The number of H-pyrrole nitrogens is 1. The first-order valence-electron chi connectivity index (χ1n) is 10.6. The lowest BCUT2D eigenvalue weighted by atomic mass is 10.1. The third kappa shape index (κ3) is 6.32. The zero-order valence-electron chi connectivity index (χ0n) is 19.3. The van der Waals surface area contributed by atoms with Gasteiger partial charge in [0.25, 0.3) is 5.56 Å². The Morgan fingerprint density at radius 2 is 1.94 bits per heavy atom. The van der Waals surface area contributed by atoms with Crippen LogP contribution in [0.15, 0.2) is 58.3 Å². The van der Waals surface area contributed by atoms with Crippen LogP contribution in [-0.4, -0.2) is 41.4 Å². The van der Waals surface area contributed by atoms with Crippen molar-refractivity contribution in [1.82, 2.24) is 14.6 Å². The number of hydrogen-bond donors (Lipinski definition) is 2. The zero-order chi connectivity index (χ0) is 24.9. The number of aryl methyl sites for hydroxylation is 1. The quantitative estimate of drug-likeness (QED) is 0.290. The molecule has 1 unspecified atom stereocenters. The van der Waals surface area contributed by atoms with E-state index in [0.717, 1.165) is 0 Å². The molecule has 11 nitrogen and oxygen atoms in total. The number of benzene rings is 1. The van der Waals surface area contributed by atoms with Crippen molar-refractivity contribution in [2.75, 3.05) is 13.7 Å². The summed E-state index contributed by atoms with van der Waals surface area (Å²) in [5.74, 6) is -0.604. The highest BCUT2D eigenvalue weighted by Crippen LogP contribution is 2.46. The predicted octanol–water partition coefficient (Wildman–Crippen LogP) is 2.29. The number of methoxy groups -OCH3 is 1. The fourth-order valence-corrected chi connectivity index (χ4v) is 4.84. The molecule has 0 amide bonds.